The lowest BCUT2D eigenvalue weighted by Crippen LogP contribution is -2.45. The van der Waals surface area contributed by atoms with E-state index < -0.39 is 0 Å². The molecular formula is C22H29FN4O2S. The molecule has 2 aliphatic rings. The second kappa shape index (κ2) is 9.94. The van der Waals surface area contributed by atoms with Crippen LogP contribution in [0, 0.1) is 5.82 Å². The highest BCUT2D eigenvalue weighted by atomic mass is 32.1. The Morgan fingerprint density at radius 1 is 1.23 bits per heavy atom. The molecule has 1 aromatic carbocycles. The van der Waals surface area contributed by atoms with Gasteiger partial charge in [-0.05, 0) is 55.0 Å². The van der Waals surface area contributed by atoms with E-state index in [9.17, 15) is 9.18 Å². The van der Waals surface area contributed by atoms with E-state index in [4.69, 9.17) is 4.74 Å². The fourth-order valence-electron chi connectivity index (χ4n) is 4.56. The molecule has 6 nitrogen and oxygen atoms in total. The number of carbonyl (C=O) groups is 1. The number of piperidine rings is 1. The molecule has 2 aliphatic heterocycles. The zero-order valence-corrected chi connectivity index (χ0v) is 18.2. The molecule has 8 heteroatoms. The topological polar surface area (TPSA) is 58.6 Å². The van der Waals surface area contributed by atoms with Crippen molar-refractivity contribution in [2.24, 2.45) is 0 Å². The van der Waals surface area contributed by atoms with E-state index in [2.05, 4.69) is 21.4 Å². The molecule has 2 fully saturated rings. The van der Waals surface area contributed by atoms with Crippen molar-refractivity contribution in [2.45, 2.75) is 44.1 Å². The number of ether oxygens (including phenoxy) is 1. The highest BCUT2D eigenvalue weighted by molar-refractivity contribution is 7.03. The monoisotopic (exact) mass is 432 g/mol. The number of benzene rings is 1. The summed E-state index contributed by atoms with van der Waals surface area (Å²) < 4.78 is 23.3. The first kappa shape index (κ1) is 21.3. The Kier molecular flexibility index (Phi) is 7.07. The summed E-state index contributed by atoms with van der Waals surface area (Å²) in [7, 11) is 0. The first-order valence-electron chi connectivity index (χ1n) is 10.8. The first-order valence-corrected chi connectivity index (χ1v) is 11.6. The van der Waals surface area contributed by atoms with Gasteiger partial charge in [-0.15, -0.1) is 5.10 Å². The number of halogens is 1. The van der Waals surface area contributed by atoms with Gasteiger partial charge >= 0.3 is 0 Å². The second-order valence-electron chi connectivity index (χ2n) is 8.26. The van der Waals surface area contributed by atoms with Crippen LogP contribution in [0.3, 0.4) is 0 Å². The standard InChI is InChI=1S/C22H29FN4O2S/c1-2-10-29-18-4-3-9-26(11-18)14-22(28)27-12-19(16-5-7-17(23)8-6-16)20(13-27)21-15-30-25-24-21/h5-8,15,18-20H,2-4,9-14H2,1H3/t18-,19-,20+/m0/s1. The predicted octanol–water partition coefficient (Wildman–Crippen LogP) is 3.28. The van der Waals surface area contributed by atoms with Crippen LogP contribution in [0.15, 0.2) is 29.6 Å². The predicted molar refractivity (Wildman–Crippen MR) is 114 cm³/mol. The molecule has 0 N–H and O–H groups in total. The number of amides is 1. The Morgan fingerprint density at radius 3 is 2.77 bits per heavy atom. The Hall–Kier alpha value is -1.90. The molecule has 2 aromatic rings. The van der Waals surface area contributed by atoms with Crippen LogP contribution in [0.5, 0.6) is 0 Å². The fraction of sp³-hybridized carbons (Fsp3) is 0.591. The normalized spacial score (nSPS) is 25.0. The van der Waals surface area contributed by atoms with Crippen LogP contribution in [-0.2, 0) is 9.53 Å². The smallest absolute Gasteiger partial charge is 0.236 e. The first-order chi connectivity index (χ1) is 14.6. The Balaban J connectivity index is 1.42. The van der Waals surface area contributed by atoms with Gasteiger partial charge in [-0.3, -0.25) is 9.69 Å². The maximum absolute atomic E-state index is 13.4. The lowest BCUT2D eigenvalue weighted by atomic mass is 9.87. The average molecular weight is 433 g/mol. The summed E-state index contributed by atoms with van der Waals surface area (Å²) in [5, 5.41) is 6.22. The minimum atomic E-state index is -0.249. The Labute approximate surface area is 181 Å². The van der Waals surface area contributed by atoms with E-state index in [0.29, 0.717) is 19.6 Å². The van der Waals surface area contributed by atoms with E-state index in [1.807, 2.05) is 22.4 Å². The van der Waals surface area contributed by atoms with Crippen LogP contribution in [0.25, 0.3) is 0 Å². The average Bonchev–Trinajstić information content (AvgIpc) is 3.43. The van der Waals surface area contributed by atoms with Gasteiger partial charge < -0.3 is 9.64 Å². The van der Waals surface area contributed by atoms with Crippen LogP contribution in [0.1, 0.15) is 49.3 Å². The van der Waals surface area contributed by atoms with E-state index in [0.717, 1.165) is 50.2 Å². The zero-order chi connectivity index (χ0) is 20.9. The van der Waals surface area contributed by atoms with Gasteiger partial charge in [0.25, 0.3) is 0 Å². The molecule has 0 unspecified atom stereocenters. The van der Waals surface area contributed by atoms with Crippen molar-refractivity contribution in [3.63, 3.8) is 0 Å². The minimum Gasteiger partial charge on any atom is -0.377 e. The summed E-state index contributed by atoms with van der Waals surface area (Å²) in [6.07, 6.45) is 3.37. The molecule has 0 saturated carbocycles. The highest BCUT2D eigenvalue weighted by Crippen LogP contribution is 2.39. The van der Waals surface area contributed by atoms with Crippen LogP contribution in [-0.4, -0.2) is 70.7 Å². The van der Waals surface area contributed by atoms with Crippen LogP contribution in [0.2, 0.25) is 0 Å². The number of aromatic nitrogens is 2. The molecule has 30 heavy (non-hydrogen) atoms. The van der Waals surface area contributed by atoms with Gasteiger partial charge in [0, 0.05) is 43.5 Å². The lowest BCUT2D eigenvalue weighted by molar-refractivity contribution is -0.132. The van der Waals surface area contributed by atoms with Crippen molar-refractivity contribution in [3.8, 4) is 0 Å². The number of nitrogens with zero attached hydrogens (tertiary/aromatic N) is 4. The van der Waals surface area contributed by atoms with Gasteiger partial charge in [0.2, 0.25) is 5.91 Å². The minimum absolute atomic E-state index is 0.0835. The molecule has 0 radical (unpaired) electrons. The summed E-state index contributed by atoms with van der Waals surface area (Å²) in [5.74, 6) is 0.0750. The third-order valence-electron chi connectivity index (χ3n) is 6.11. The Bertz CT molecular complexity index is 817. The quantitative estimate of drug-likeness (QED) is 0.672. The molecule has 3 heterocycles. The number of carbonyl (C=O) groups excluding carboxylic acids is 1. The molecule has 0 aliphatic carbocycles. The lowest BCUT2D eigenvalue weighted by Gasteiger charge is -2.33. The van der Waals surface area contributed by atoms with Gasteiger partial charge in [0.05, 0.1) is 18.3 Å². The molecule has 1 aromatic heterocycles. The number of hydrogen-bond donors (Lipinski definition) is 0. The summed E-state index contributed by atoms with van der Waals surface area (Å²) in [6.45, 7) is 6.31. The third-order valence-corrected chi connectivity index (χ3v) is 6.63. The molecule has 0 bridgehead atoms. The SMILES string of the molecule is CCCO[C@H]1CCCN(CC(=O)N2C[C@@H](c3ccc(F)cc3)[C@H](c3csnn3)C2)C1. The summed E-state index contributed by atoms with van der Waals surface area (Å²) in [4.78, 5) is 17.3. The van der Waals surface area contributed by atoms with E-state index in [1.54, 1.807) is 0 Å². The van der Waals surface area contributed by atoms with Gasteiger partial charge in [-0.2, -0.15) is 0 Å². The Morgan fingerprint density at radius 2 is 2.03 bits per heavy atom. The van der Waals surface area contributed by atoms with Crippen LogP contribution < -0.4 is 0 Å². The van der Waals surface area contributed by atoms with E-state index >= 15 is 0 Å². The van der Waals surface area contributed by atoms with E-state index in [-0.39, 0.29) is 29.7 Å². The molecule has 4 rings (SSSR count). The zero-order valence-electron chi connectivity index (χ0n) is 17.4. The third kappa shape index (κ3) is 5.04. The molecule has 162 valence electrons. The van der Waals surface area contributed by atoms with Crippen LogP contribution >= 0.6 is 11.5 Å². The molecule has 2 saturated heterocycles. The maximum atomic E-state index is 13.4. The van der Waals surface area contributed by atoms with E-state index in [1.165, 1.54) is 23.7 Å². The van der Waals surface area contributed by atoms with Crippen LogP contribution in [0.4, 0.5) is 4.39 Å². The van der Waals surface area contributed by atoms with Gasteiger partial charge in [-0.25, -0.2) is 4.39 Å². The number of likely N-dealkylation sites (tertiary alicyclic amines) is 2. The summed E-state index contributed by atoms with van der Waals surface area (Å²) >= 11 is 1.32. The second-order valence-corrected chi connectivity index (χ2v) is 8.87. The summed E-state index contributed by atoms with van der Waals surface area (Å²) in [5.41, 5.74) is 1.95. The van der Waals surface area contributed by atoms with Crippen molar-refractivity contribution in [1.82, 2.24) is 19.4 Å². The van der Waals surface area contributed by atoms with Crippen molar-refractivity contribution in [3.05, 3.63) is 46.7 Å². The molecule has 3 atom stereocenters. The van der Waals surface area contributed by atoms with Gasteiger partial charge in [0.1, 0.15) is 5.82 Å². The highest BCUT2D eigenvalue weighted by Gasteiger charge is 2.39. The van der Waals surface area contributed by atoms with Crippen molar-refractivity contribution in [1.29, 1.82) is 0 Å². The largest absolute Gasteiger partial charge is 0.377 e. The van der Waals surface area contributed by atoms with Crippen molar-refractivity contribution >= 4 is 17.4 Å². The fourth-order valence-corrected chi connectivity index (χ4v) is 5.08. The number of hydrogen-bond acceptors (Lipinski definition) is 6. The van der Waals surface area contributed by atoms with Crippen molar-refractivity contribution < 1.29 is 13.9 Å². The molecular weight excluding hydrogens is 403 g/mol. The number of rotatable bonds is 7. The summed E-state index contributed by atoms with van der Waals surface area (Å²) in [6, 6.07) is 6.61. The molecule has 1 amide bonds. The molecule has 0 spiro atoms. The van der Waals surface area contributed by atoms with Crippen molar-refractivity contribution in [2.75, 3.05) is 39.3 Å². The van der Waals surface area contributed by atoms with Gasteiger partial charge in [0.15, 0.2) is 0 Å². The van der Waals surface area contributed by atoms with Gasteiger partial charge in [-0.1, -0.05) is 23.5 Å². The maximum Gasteiger partial charge on any atom is 0.236 e.